The van der Waals surface area contributed by atoms with Crippen molar-refractivity contribution in [1.29, 1.82) is 0 Å². The van der Waals surface area contributed by atoms with E-state index in [1.807, 2.05) is 0 Å². The Balaban J connectivity index is 2.71. The minimum atomic E-state index is -1.16. The number of phenolic OH excluding ortho intramolecular Hbond substituents is 2. The second kappa shape index (κ2) is 17.3. The average molecular weight is 739 g/mol. The lowest BCUT2D eigenvalue weighted by Gasteiger charge is -2.44. The molecular formula is C48H82O3S. The second-order valence-corrected chi connectivity index (χ2v) is 24.0. The van der Waals surface area contributed by atoms with E-state index in [2.05, 4.69) is 149 Å². The Morgan fingerprint density at radius 3 is 0.942 bits per heavy atom. The van der Waals surface area contributed by atoms with Crippen molar-refractivity contribution < 1.29 is 14.4 Å². The molecule has 0 heterocycles. The van der Waals surface area contributed by atoms with E-state index in [0.29, 0.717) is 11.5 Å². The topological polar surface area (TPSA) is 57.5 Å². The molecule has 0 bridgehead atoms. The van der Waals surface area contributed by atoms with Gasteiger partial charge in [-0.15, -0.1) is 0 Å². The molecular weight excluding hydrogens is 657 g/mol. The van der Waals surface area contributed by atoms with Crippen molar-refractivity contribution in [3.63, 3.8) is 0 Å². The molecule has 0 spiro atoms. The van der Waals surface area contributed by atoms with Crippen LogP contribution in [0.2, 0.25) is 0 Å². The number of hydrogen-bond acceptors (Lipinski definition) is 3. The van der Waals surface area contributed by atoms with Crippen molar-refractivity contribution in [3.8, 4) is 11.5 Å². The van der Waals surface area contributed by atoms with Gasteiger partial charge < -0.3 is 10.2 Å². The minimum absolute atomic E-state index is 0.197. The molecule has 0 amide bonds. The van der Waals surface area contributed by atoms with Crippen molar-refractivity contribution in [2.45, 2.75) is 220 Å². The summed E-state index contributed by atoms with van der Waals surface area (Å²) in [5.41, 5.74) is 5.68. The zero-order valence-corrected chi connectivity index (χ0v) is 38.1. The van der Waals surface area contributed by atoms with Crippen molar-refractivity contribution in [2.75, 3.05) is 0 Å². The fourth-order valence-electron chi connectivity index (χ4n) is 8.13. The first kappa shape index (κ1) is 46.3. The molecule has 2 rings (SSSR count). The van der Waals surface area contributed by atoms with Gasteiger partial charge in [-0.25, -0.2) is 0 Å². The van der Waals surface area contributed by atoms with Gasteiger partial charge in [0.05, 0.1) is 0 Å². The first-order valence-electron chi connectivity index (χ1n) is 20.7. The molecule has 2 N–H and O–H groups in total. The van der Waals surface area contributed by atoms with Gasteiger partial charge in [0.15, 0.2) is 0 Å². The number of benzene rings is 2. The fourth-order valence-corrected chi connectivity index (χ4v) is 10.5. The Morgan fingerprint density at radius 1 is 0.481 bits per heavy atom. The predicted octanol–water partition coefficient (Wildman–Crippen LogP) is 13.8. The van der Waals surface area contributed by atoms with Crippen LogP contribution in [0.3, 0.4) is 0 Å². The maximum absolute atomic E-state index is 15.5. The molecule has 0 aromatic heterocycles. The molecule has 0 fully saturated rings. The van der Waals surface area contributed by atoms with Gasteiger partial charge in [-0.1, -0.05) is 160 Å². The van der Waals surface area contributed by atoms with Gasteiger partial charge in [-0.05, 0) is 120 Å². The lowest BCUT2D eigenvalue weighted by Crippen LogP contribution is -2.50. The summed E-state index contributed by atoms with van der Waals surface area (Å²) in [6.45, 7) is 39.8. The van der Waals surface area contributed by atoms with Crippen LogP contribution in [-0.2, 0) is 45.3 Å². The summed E-state index contributed by atoms with van der Waals surface area (Å²) in [7, 11) is -1.16. The Bertz CT molecular complexity index is 1300. The lowest BCUT2D eigenvalue weighted by molar-refractivity contribution is 0.334. The van der Waals surface area contributed by atoms with Crippen molar-refractivity contribution in [1.82, 2.24) is 0 Å². The highest BCUT2D eigenvalue weighted by Gasteiger charge is 2.46. The largest absolute Gasteiger partial charge is 0.507 e. The van der Waals surface area contributed by atoms with Crippen molar-refractivity contribution >= 4 is 10.8 Å². The van der Waals surface area contributed by atoms with Crippen LogP contribution in [-0.4, -0.2) is 23.9 Å². The summed E-state index contributed by atoms with van der Waals surface area (Å²) in [6.07, 6.45) is 10.6. The number of rotatable bonds is 16. The number of aromatic hydroxyl groups is 2. The van der Waals surface area contributed by atoms with Gasteiger partial charge in [-0.3, -0.25) is 4.21 Å². The van der Waals surface area contributed by atoms with E-state index in [-0.39, 0.29) is 33.5 Å². The highest BCUT2D eigenvalue weighted by molar-refractivity contribution is 7.87. The highest BCUT2D eigenvalue weighted by Crippen LogP contribution is 2.46. The van der Waals surface area contributed by atoms with Crippen LogP contribution in [0.5, 0.6) is 11.5 Å². The lowest BCUT2D eigenvalue weighted by atomic mass is 9.76. The summed E-state index contributed by atoms with van der Waals surface area (Å²) < 4.78 is 14.6. The minimum Gasteiger partial charge on any atom is -0.507 e. The van der Waals surface area contributed by atoms with Gasteiger partial charge in [0, 0.05) is 20.3 Å². The van der Waals surface area contributed by atoms with E-state index in [1.54, 1.807) is 0 Å². The average Bonchev–Trinajstić information content (AvgIpc) is 2.98. The quantitative estimate of drug-likeness (QED) is 0.169. The van der Waals surface area contributed by atoms with Crippen LogP contribution in [0.1, 0.15) is 209 Å². The molecule has 4 heteroatoms. The Kier molecular flexibility index (Phi) is 15.4. The Labute approximate surface area is 325 Å². The van der Waals surface area contributed by atoms with Gasteiger partial charge in [0.2, 0.25) is 0 Å². The number of unbranched alkanes of at least 4 members (excludes halogenated alkanes) is 4. The van der Waals surface area contributed by atoms with Gasteiger partial charge in [0.1, 0.15) is 11.5 Å². The molecule has 2 unspecified atom stereocenters. The zero-order chi connectivity index (χ0) is 40.3. The van der Waals surface area contributed by atoms with Gasteiger partial charge >= 0.3 is 0 Å². The first-order valence-corrected chi connectivity index (χ1v) is 21.8. The van der Waals surface area contributed by atoms with Crippen LogP contribution in [0.15, 0.2) is 24.3 Å². The van der Waals surface area contributed by atoms with E-state index in [9.17, 15) is 10.2 Å². The third kappa shape index (κ3) is 11.6. The molecule has 2 aromatic carbocycles. The van der Waals surface area contributed by atoms with E-state index >= 15 is 4.21 Å². The molecule has 52 heavy (non-hydrogen) atoms. The molecule has 0 saturated carbocycles. The monoisotopic (exact) mass is 739 g/mol. The van der Waals surface area contributed by atoms with E-state index in [0.717, 1.165) is 73.6 Å². The highest BCUT2D eigenvalue weighted by atomic mass is 32.2. The fraction of sp³-hybridized carbons (Fsp3) is 0.750. The third-order valence-corrected chi connectivity index (χ3v) is 14.3. The molecule has 0 radical (unpaired) electrons. The van der Waals surface area contributed by atoms with Crippen LogP contribution in [0, 0.1) is 11.8 Å². The van der Waals surface area contributed by atoms with Crippen molar-refractivity contribution in [2.24, 2.45) is 11.8 Å². The standard InChI is InChI=1S/C48H82O3S/c1-19-21-23-25-35(27-33-29-37(43(3,4)5)41(49)38(30-33)44(6,7)8)47(15,16)52(51)48(17,18)36(26-24-22-20-2)28-34-31-39(45(9,10)11)42(50)40(32-34)46(12,13)14/h29-32,35-36,49-50H,19-28H2,1-18H3. The molecule has 298 valence electrons. The van der Waals surface area contributed by atoms with Gasteiger partial charge in [0.25, 0.3) is 0 Å². The van der Waals surface area contributed by atoms with Crippen LogP contribution in [0.4, 0.5) is 0 Å². The molecule has 0 aliphatic rings. The number of hydrogen-bond donors (Lipinski definition) is 2. The van der Waals surface area contributed by atoms with Crippen LogP contribution < -0.4 is 0 Å². The van der Waals surface area contributed by atoms with E-state index < -0.39 is 20.3 Å². The third-order valence-electron chi connectivity index (χ3n) is 11.8. The molecule has 0 aliphatic heterocycles. The summed E-state index contributed by atoms with van der Waals surface area (Å²) in [4.78, 5) is 0. The Hall–Kier alpha value is -1.81. The molecule has 0 aliphatic carbocycles. The van der Waals surface area contributed by atoms with E-state index in [4.69, 9.17) is 0 Å². The van der Waals surface area contributed by atoms with E-state index in [1.165, 1.54) is 24.0 Å². The molecule has 3 nitrogen and oxygen atoms in total. The SMILES string of the molecule is CCCCCC(Cc1cc(C(C)(C)C)c(O)c(C(C)(C)C)c1)C(C)(C)S(=O)C(C)(C)C(CCCCC)Cc1cc(C(C)(C)C)c(O)c(C(C)(C)C)c1. The van der Waals surface area contributed by atoms with Crippen LogP contribution in [0.25, 0.3) is 0 Å². The summed E-state index contributed by atoms with van der Waals surface area (Å²) in [5, 5.41) is 23.0. The smallest absolute Gasteiger partial charge is 0.123 e. The first-order chi connectivity index (χ1) is 23.5. The maximum Gasteiger partial charge on any atom is 0.123 e. The predicted molar refractivity (Wildman–Crippen MR) is 230 cm³/mol. The maximum atomic E-state index is 15.5. The summed E-state index contributed by atoms with van der Waals surface area (Å²) in [5.74, 6) is 1.27. The molecule has 2 atom stereocenters. The van der Waals surface area contributed by atoms with Crippen LogP contribution >= 0.6 is 0 Å². The number of phenols is 2. The zero-order valence-electron chi connectivity index (χ0n) is 37.2. The van der Waals surface area contributed by atoms with Gasteiger partial charge in [-0.2, -0.15) is 0 Å². The second-order valence-electron chi connectivity index (χ2n) is 21.3. The molecule has 2 aromatic rings. The summed E-state index contributed by atoms with van der Waals surface area (Å²) in [6, 6.07) is 8.94. The Morgan fingerprint density at radius 2 is 0.731 bits per heavy atom. The van der Waals surface area contributed by atoms with Crippen molar-refractivity contribution in [3.05, 3.63) is 57.6 Å². The molecule has 0 saturated heterocycles. The summed E-state index contributed by atoms with van der Waals surface area (Å²) >= 11 is 0. The normalized spacial score (nSPS) is 15.5.